The van der Waals surface area contributed by atoms with Gasteiger partial charge in [0.25, 0.3) is 5.91 Å². The van der Waals surface area contributed by atoms with Crippen molar-refractivity contribution in [2.24, 2.45) is 16.8 Å². The normalized spacial score (nSPS) is 17.2. The topological polar surface area (TPSA) is 74.8 Å². The fourth-order valence-electron chi connectivity index (χ4n) is 5.68. The molecule has 0 spiro atoms. The second-order valence-electron chi connectivity index (χ2n) is 11.1. The van der Waals surface area contributed by atoms with Crippen molar-refractivity contribution in [1.29, 1.82) is 0 Å². The van der Waals surface area contributed by atoms with Crippen LogP contribution in [-0.2, 0) is 24.1 Å². The third-order valence-electron chi connectivity index (χ3n) is 8.06. The lowest BCUT2D eigenvalue weighted by molar-refractivity contribution is 0.0664. The van der Waals surface area contributed by atoms with Gasteiger partial charge < -0.3 is 20.7 Å². The van der Waals surface area contributed by atoms with Crippen molar-refractivity contribution in [2.45, 2.75) is 32.2 Å². The number of benzene rings is 3. The van der Waals surface area contributed by atoms with E-state index in [1.807, 2.05) is 30.3 Å². The molecule has 1 amide bonds. The van der Waals surface area contributed by atoms with Gasteiger partial charge >= 0.3 is 0 Å². The van der Waals surface area contributed by atoms with Crippen LogP contribution in [0.4, 0.5) is 14.5 Å². The first kappa shape index (κ1) is 26.6. The van der Waals surface area contributed by atoms with Gasteiger partial charge in [-0.3, -0.25) is 9.79 Å². The molecule has 6 rings (SSSR count). The lowest BCUT2D eigenvalue weighted by Crippen LogP contribution is -2.45. The Morgan fingerprint density at radius 2 is 1.75 bits per heavy atom. The molecule has 0 aromatic heterocycles. The highest BCUT2D eigenvalue weighted by molar-refractivity contribution is 6.14. The number of hydrogen-bond acceptors (Lipinski definition) is 5. The largest absolute Gasteiger partial charge is 0.385 e. The predicted octanol–water partition coefficient (Wildman–Crippen LogP) is 4.85. The number of hydrogen-bond donors (Lipinski definition) is 3. The van der Waals surface area contributed by atoms with Gasteiger partial charge in [0.05, 0.1) is 6.54 Å². The zero-order valence-corrected chi connectivity index (χ0v) is 22.4. The monoisotopic (exact) mass is 544 g/mol. The van der Waals surface area contributed by atoms with Crippen LogP contribution in [0.15, 0.2) is 59.6 Å². The highest BCUT2D eigenvalue weighted by Gasteiger charge is 2.23. The predicted molar refractivity (Wildman–Crippen MR) is 152 cm³/mol. The van der Waals surface area contributed by atoms with Gasteiger partial charge in [0.15, 0.2) is 0 Å². The summed E-state index contributed by atoms with van der Waals surface area (Å²) in [6.45, 7) is 4.98. The van der Waals surface area contributed by atoms with Gasteiger partial charge in [-0.2, -0.15) is 0 Å². The summed E-state index contributed by atoms with van der Waals surface area (Å²) in [5.74, 6) is 0.273. The molecule has 6 nitrogen and oxygen atoms in total. The Balaban J connectivity index is 1.19. The van der Waals surface area contributed by atoms with Crippen LogP contribution in [0.1, 0.15) is 51.0 Å². The highest BCUT2D eigenvalue weighted by atomic mass is 19.1. The van der Waals surface area contributed by atoms with Crippen LogP contribution in [0.3, 0.4) is 0 Å². The van der Waals surface area contributed by atoms with Crippen LogP contribution in [0.2, 0.25) is 0 Å². The standard InChI is InChI=1S/C32H34F2N4O2/c33-26-11-22(12-27(34)15-26)9-21-1-2-24-19-37-31(30(24)13-21)38-32(39)29-4-3-28(36-18-23-16-35-17-23)14-25(29)10-20-5-7-40-8-6-20/h1-4,11-15,20,23,35-36H,5-10,16-19H2,(H,37,38,39). The lowest BCUT2D eigenvalue weighted by Gasteiger charge is -2.28. The molecule has 40 heavy (non-hydrogen) atoms. The van der Waals surface area contributed by atoms with E-state index in [2.05, 4.69) is 27.0 Å². The molecule has 0 radical (unpaired) electrons. The summed E-state index contributed by atoms with van der Waals surface area (Å²) in [7, 11) is 0. The van der Waals surface area contributed by atoms with Crippen LogP contribution in [0, 0.1) is 23.5 Å². The van der Waals surface area contributed by atoms with Crippen molar-refractivity contribution >= 4 is 17.4 Å². The Hall–Kier alpha value is -3.62. The minimum Gasteiger partial charge on any atom is -0.385 e. The van der Waals surface area contributed by atoms with Crippen LogP contribution in [-0.4, -0.2) is 44.6 Å². The average molecular weight is 545 g/mol. The molecule has 3 aromatic rings. The molecule has 3 aliphatic rings. The fraction of sp³-hybridized carbons (Fsp3) is 0.375. The van der Waals surface area contributed by atoms with E-state index in [4.69, 9.17) is 4.74 Å². The van der Waals surface area contributed by atoms with Gasteiger partial charge in [-0.15, -0.1) is 0 Å². The Morgan fingerprint density at radius 3 is 2.50 bits per heavy atom. The molecule has 0 atom stereocenters. The quantitative estimate of drug-likeness (QED) is 0.379. The second kappa shape index (κ2) is 11.9. The van der Waals surface area contributed by atoms with Crippen molar-refractivity contribution < 1.29 is 18.3 Å². The first-order chi connectivity index (χ1) is 19.5. The number of fused-ring (bicyclic) bond motifs is 1. The van der Waals surface area contributed by atoms with E-state index in [-0.39, 0.29) is 5.91 Å². The zero-order valence-electron chi connectivity index (χ0n) is 22.4. The Morgan fingerprint density at radius 1 is 0.950 bits per heavy atom. The Kier molecular flexibility index (Phi) is 7.89. The highest BCUT2D eigenvalue weighted by Crippen LogP contribution is 2.26. The number of nitrogens with one attached hydrogen (secondary N) is 3. The summed E-state index contributed by atoms with van der Waals surface area (Å²) in [6, 6.07) is 15.4. The second-order valence-corrected chi connectivity index (χ2v) is 11.1. The number of ether oxygens (including phenoxy) is 1. The molecule has 3 aliphatic heterocycles. The number of anilines is 1. The molecular weight excluding hydrogens is 510 g/mol. The third kappa shape index (κ3) is 6.24. The maximum absolute atomic E-state index is 13.7. The van der Waals surface area contributed by atoms with E-state index in [1.54, 1.807) is 0 Å². The van der Waals surface area contributed by atoms with Crippen LogP contribution in [0.25, 0.3) is 0 Å². The Bertz CT molecular complexity index is 1410. The molecule has 0 aliphatic carbocycles. The summed E-state index contributed by atoms with van der Waals surface area (Å²) >= 11 is 0. The van der Waals surface area contributed by atoms with E-state index < -0.39 is 11.6 Å². The van der Waals surface area contributed by atoms with Crippen molar-refractivity contribution in [1.82, 2.24) is 10.6 Å². The first-order valence-corrected chi connectivity index (χ1v) is 14.1. The molecule has 3 aromatic carbocycles. The van der Waals surface area contributed by atoms with Gasteiger partial charge in [-0.1, -0.05) is 12.1 Å². The number of amidine groups is 1. The molecule has 0 bridgehead atoms. The number of rotatable bonds is 8. The van der Waals surface area contributed by atoms with E-state index in [0.29, 0.717) is 41.8 Å². The minimum atomic E-state index is -0.594. The van der Waals surface area contributed by atoms with Crippen LogP contribution < -0.4 is 16.0 Å². The van der Waals surface area contributed by atoms with E-state index >= 15 is 0 Å². The van der Waals surface area contributed by atoms with E-state index in [9.17, 15) is 13.6 Å². The van der Waals surface area contributed by atoms with Gasteiger partial charge in [-0.05, 0) is 90.3 Å². The summed E-state index contributed by atoms with van der Waals surface area (Å²) in [4.78, 5) is 18.2. The lowest BCUT2D eigenvalue weighted by atomic mass is 9.89. The van der Waals surface area contributed by atoms with Crippen molar-refractivity contribution in [3.8, 4) is 0 Å². The maximum atomic E-state index is 13.7. The molecule has 0 unspecified atom stereocenters. The number of aliphatic imine (C=N–C) groups is 1. The molecule has 2 saturated heterocycles. The molecule has 2 fully saturated rings. The molecule has 3 N–H and O–H groups in total. The smallest absolute Gasteiger partial charge is 0.257 e. The maximum Gasteiger partial charge on any atom is 0.257 e. The first-order valence-electron chi connectivity index (χ1n) is 14.1. The number of carbonyl (C=O) groups excluding carboxylic acids is 1. The van der Waals surface area contributed by atoms with Gasteiger partial charge in [0, 0.05) is 61.6 Å². The Labute approximate surface area is 233 Å². The zero-order chi connectivity index (χ0) is 27.5. The van der Waals surface area contributed by atoms with E-state index in [0.717, 1.165) is 86.1 Å². The molecular formula is C32H34F2N4O2. The fourth-order valence-corrected chi connectivity index (χ4v) is 5.68. The van der Waals surface area contributed by atoms with Crippen LogP contribution in [0.5, 0.6) is 0 Å². The van der Waals surface area contributed by atoms with Crippen molar-refractivity contribution in [2.75, 3.05) is 38.2 Å². The molecule has 3 heterocycles. The average Bonchev–Trinajstić information content (AvgIpc) is 3.29. The van der Waals surface area contributed by atoms with Gasteiger partial charge in [0.2, 0.25) is 0 Å². The van der Waals surface area contributed by atoms with Crippen molar-refractivity contribution in [3.63, 3.8) is 0 Å². The van der Waals surface area contributed by atoms with Crippen LogP contribution >= 0.6 is 0 Å². The van der Waals surface area contributed by atoms with Crippen molar-refractivity contribution in [3.05, 3.63) is 99.6 Å². The summed E-state index contributed by atoms with van der Waals surface area (Å²) in [6.07, 6.45) is 3.18. The number of halogens is 2. The SMILES string of the molecule is O=C(NC1=NCc2ccc(Cc3cc(F)cc(F)c3)cc21)c1ccc(NCC2CNC2)cc1CC1CCOCC1. The number of carbonyl (C=O) groups is 1. The molecule has 0 saturated carbocycles. The molecule has 8 heteroatoms. The van der Waals surface area contributed by atoms with Gasteiger partial charge in [-0.25, -0.2) is 8.78 Å². The number of amides is 1. The summed E-state index contributed by atoms with van der Waals surface area (Å²) in [5, 5.41) is 9.91. The number of nitrogens with zero attached hydrogens (tertiary/aromatic N) is 1. The summed E-state index contributed by atoms with van der Waals surface area (Å²) < 4.78 is 33.0. The van der Waals surface area contributed by atoms with E-state index in [1.165, 1.54) is 12.1 Å². The third-order valence-corrected chi connectivity index (χ3v) is 8.06. The van der Waals surface area contributed by atoms with Gasteiger partial charge in [0.1, 0.15) is 17.5 Å². The minimum absolute atomic E-state index is 0.180. The summed E-state index contributed by atoms with van der Waals surface area (Å²) in [5.41, 5.74) is 6.03. The molecule has 208 valence electrons.